The van der Waals surface area contributed by atoms with Gasteiger partial charge in [0.15, 0.2) is 0 Å². The summed E-state index contributed by atoms with van der Waals surface area (Å²) in [6, 6.07) is 13.0. The van der Waals surface area contributed by atoms with Gasteiger partial charge in [-0.1, -0.05) is 19.4 Å². The van der Waals surface area contributed by atoms with Gasteiger partial charge in [0.2, 0.25) is 15.9 Å². The number of carbonyl (C=O) groups is 2. The molecule has 1 saturated heterocycles. The molecule has 29 heavy (non-hydrogen) atoms. The number of hydrogen-bond donors (Lipinski definition) is 2. The number of unbranched alkanes of at least 4 members (excludes halogenated alkanes) is 1. The van der Waals surface area contributed by atoms with Crippen LogP contribution in [0.2, 0.25) is 0 Å². The summed E-state index contributed by atoms with van der Waals surface area (Å²) in [5.74, 6) is -0.259. The first-order valence-corrected chi connectivity index (χ1v) is 11.2. The molecule has 2 aromatic carbocycles. The SMILES string of the molecule is CCCCNS(=O)(=O)c1cccc(NC(=O)c2ccc(N3CCCC3=O)cc2)c1. The highest BCUT2D eigenvalue weighted by Crippen LogP contribution is 2.22. The van der Waals surface area contributed by atoms with Crippen molar-refractivity contribution in [2.24, 2.45) is 0 Å². The zero-order chi connectivity index (χ0) is 20.9. The first-order valence-electron chi connectivity index (χ1n) is 9.72. The summed E-state index contributed by atoms with van der Waals surface area (Å²) in [5.41, 5.74) is 1.59. The Bertz CT molecular complexity index is 987. The number of amides is 2. The second kappa shape index (κ2) is 9.19. The number of hydrogen-bond acceptors (Lipinski definition) is 4. The van der Waals surface area contributed by atoms with Gasteiger partial charge in [-0.25, -0.2) is 13.1 Å². The van der Waals surface area contributed by atoms with Gasteiger partial charge >= 0.3 is 0 Å². The van der Waals surface area contributed by atoms with Crippen molar-refractivity contribution in [1.29, 1.82) is 0 Å². The molecule has 1 aliphatic heterocycles. The van der Waals surface area contributed by atoms with Crippen LogP contribution >= 0.6 is 0 Å². The molecule has 2 amide bonds. The van der Waals surface area contributed by atoms with Gasteiger partial charge in [-0.3, -0.25) is 9.59 Å². The summed E-state index contributed by atoms with van der Waals surface area (Å²) >= 11 is 0. The summed E-state index contributed by atoms with van der Waals surface area (Å²) in [4.78, 5) is 26.2. The number of rotatable bonds is 8. The number of carbonyl (C=O) groups excluding carboxylic acids is 2. The Hall–Kier alpha value is -2.71. The fraction of sp³-hybridized carbons (Fsp3) is 0.333. The fourth-order valence-electron chi connectivity index (χ4n) is 3.12. The van der Waals surface area contributed by atoms with Gasteiger partial charge in [0, 0.05) is 36.4 Å². The Kier molecular flexibility index (Phi) is 6.66. The molecular formula is C21H25N3O4S. The molecule has 2 aromatic rings. The van der Waals surface area contributed by atoms with Crippen LogP contribution in [0.15, 0.2) is 53.4 Å². The molecule has 7 nitrogen and oxygen atoms in total. The maximum absolute atomic E-state index is 12.5. The molecule has 1 heterocycles. The lowest BCUT2D eigenvalue weighted by molar-refractivity contribution is -0.117. The van der Waals surface area contributed by atoms with Gasteiger partial charge in [0.1, 0.15) is 0 Å². The van der Waals surface area contributed by atoms with E-state index < -0.39 is 10.0 Å². The third kappa shape index (κ3) is 5.21. The third-order valence-electron chi connectivity index (χ3n) is 4.74. The lowest BCUT2D eigenvalue weighted by atomic mass is 10.1. The molecule has 0 saturated carbocycles. The van der Waals surface area contributed by atoms with E-state index in [1.165, 1.54) is 12.1 Å². The Morgan fingerprint density at radius 2 is 1.90 bits per heavy atom. The van der Waals surface area contributed by atoms with Crippen molar-refractivity contribution in [3.63, 3.8) is 0 Å². The molecule has 0 unspecified atom stereocenters. The van der Waals surface area contributed by atoms with Crippen molar-refractivity contribution < 1.29 is 18.0 Å². The molecule has 2 N–H and O–H groups in total. The van der Waals surface area contributed by atoms with Crippen LogP contribution in [0.1, 0.15) is 43.0 Å². The van der Waals surface area contributed by atoms with Gasteiger partial charge in [-0.2, -0.15) is 0 Å². The lowest BCUT2D eigenvalue weighted by Gasteiger charge is -2.16. The molecule has 0 spiro atoms. The minimum absolute atomic E-state index is 0.0905. The van der Waals surface area contributed by atoms with Gasteiger partial charge in [0.25, 0.3) is 5.91 Å². The first-order chi connectivity index (χ1) is 13.9. The number of sulfonamides is 1. The normalized spacial score (nSPS) is 14.2. The molecule has 8 heteroatoms. The van der Waals surface area contributed by atoms with Crippen molar-refractivity contribution in [3.8, 4) is 0 Å². The number of nitrogens with zero attached hydrogens (tertiary/aromatic N) is 1. The third-order valence-corrected chi connectivity index (χ3v) is 6.20. The van der Waals surface area contributed by atoms with E-state index in [4.69, 9.17) is 0 Å². The topological polar surface area (TPSA) is 95.6 Å². The highest BCUT2D eigenvalue weighted by atomic mass is 32.2. The van der Waals surface area contributed by atoms with E-state index in [-0.39, 0.29) is 16.7 Å². The number of anilines is 2. The van der Waals surface area contributed by atoms with Crippen molar-refractivity contribution in [2.45, 2.75) is 37.5 Å². The molecule has 0 radical (unpaired) electrons. The summed E-state index contributed by atoms with van der Waals surface area (Å²) in [5, 5.41) is 2.72. The van der Waals surface area contributed by atoms with E-state index in [0.717, 1.165) is 24.9 Å². The largest absolute Gasteiger partial charge is 0.322 e. The van der Waals surface area contributed by atoms with Gasteiger partial charge in [-0.05, 0) is 55.3 Å². The van der Waals surface area contributed by atoms with E-state index >= 15 is 0 Å². The summed E-state index contributed by atoms with van der Waals surface area (Å²) in [7, 11) is -3.61. The Balaban J connectivity index is 1.68. The molecular weight excluding hydrogens is 390 g/mol. The van der Waals surface area contributed by atoms with Crippen LogP contribution in [0.5, 0.6) is 0 Å². The zero-order valence-electron chi connectivity index (χ0n) is 16.3. The Labute approximate surface area is 171 Å². The molecule has 1 aliphatic rings. The highest BCUT2D eigenvalue weighted by molar-refractivity contribution is 7.89. The quantitative estimate of drug-likeness (QED) is 0.648. The maximum Gasteiger partial charge on any atom is 0.255 e. The summed E-state index contributed by atoms with van der Waals surface area (Å²) < 4.78 is 27.3. The van der Waals surface area contributed by atoms with Crippen LogP contribution in [0.25, 0.3) is 0 Å². The molecule has 0 aromatic heterocycles. The predicted molar refractivity (Wildman–Crippen MR) is 113 cm³/mol. The van der Waals surface area contributed by atoms with Crippen LogP contribution < -0.4 is 14.9 Å². The van der Waals surface area contributed by atoms with E-state index in [1.807, 2.05) is 6.92 Å². The number of nitrogens with one attached hydrogen (secondary N) is 2. The van der Waals surface area contributed by atoms with Crippen LogP contribution in [-0.2, 0) is 14.8 Å². The van der Waals surface area contributed by atoms with Crippen molar-refractivity contribution >= 4 is 33.2 Å². The van der Waals surface area contributed by atoms with Crippen LogP contribution in [0, 0.1) is 0 Å². The van der Waals surface area contributed by atoms with E-state index in [1.54, 1.807) is 41.3 Å². The Morgan fingerprint density at radius 3 is 2.55 bits per heavy atom. The number of benzene rings is 2. The summed E-state index contributed by atoms with van der Waals surface area (Å²) in [6.07, 6.45) is 3.04. The average Bonchev–Trinajstić information content (AvgIpc) is 3.14. The van der Waals surface area contributed by atoms with E-state index in [2.05, 4.69) is 10.0 Å². The second-order valence-corrected chi connectivity index (χ2v) is 8.70. The van der Waals surface area contributed by atoms with Crippen molar-refractivity contribution in [3.05, 3.63) is 54.1 Å². The Morgan fingerprint density at radius 1 is 1.14 bits per heavy atom. The van der Waals surface area contributed by atoms with Crippen LogP contribution in [-0.4, -0.2) is 33.3 Å². The molecule has 154 valence electrons. The smallest absolute Gasteiger partial charge is 0.255 e. The maximum atomic E-state index is 12.5. The zero-order valence-corrected chi connectivity index (χ0v) is 17.2. The first kappa shape index (κ1) is 21.0. The second-order valence-electron chi connectivity index (χ2n) is 6.93. The minimum atomic E-state index is -3.61. The fourth-order valence-corrected chi connectivity index (χ4v) is 4.24. The predicted octanol–water partition coefficient (Wildman–Crippen LogP) is 3.14. The van der Waals surface area contributed by atoms with Crippen LogP contribution in [0.4, 0.5) is 11.4 Å². The van der Waals surface area contributed by atoms with Crippen molar-refractivity contribution in [1.82, 2.24) is 4.72 Å². The van der Waals surface area contributed by atoms with Crippen molar-refractivity contribution in [2.75, 3.05) is 23.3 Å². The highest BCUT2D eigenvalue weighted by Gasteiger charge is 2.21. The average molecular weight is 416 g/mol. The summed E-state index contributed by atoms with van der Waals surface area (Å²) in [6.45, 7) is 3.05. The molecule has 0 bridgehead atoms. The van der Waals surface area contributed by atoms with E-state index in [0.29, 0.717) is 30.8 Å². The molecule has 3 rings (SSSR count). The van der Waals surface area contributed by atoms with Gasteiger partial charge in [-0.15, -0.1) is 0 Å². The molecule has 1 fully saturated rings. The molecule has 0 atom stereocenters. The van der Waals surface area contributed by atoms with Gasteiger partial charge in [0.05, 0.1) is 4.90 Å². The van der Waals surface area contributed by atoms with Gasteiger partial charge < -0.3 is 10.2 Å². The monoisotopic (exact) mass is 415 g/mol. The molecule has 0 aliphatic carbocycles. The van der Waals surface area contributed by atoms with E-state index in [9.17, 15) is 18.0 Å². The lowest BCUT2D eigenvalue weighted by Crippen LogP contribution is -2.25. The minimum Gasteiger partial charge on any atom is -0.322 e. The standard InChI is InChI=1S/C21H25N3O4S/c1-2-3-13-22-29(27,28)19-7-4-6-17(15-19)23-21(26)16-9-11-18(12-10-16)24-14-5-8-20(24)25/h4,6-7,9-12,15,22H,2-3,5,8,13-14H2,1H3,(H,23,26). The van der Waals surface area contributed by atoms with Crippen LogP contribution in [0.3, 0.4) is 0 Å².